The molecular formula is C9H13N3O4. The van der Waals surface area contributed by atoms with Crippen molar-refractivity contribution in [3.05, 3.63) is 6.20 Å². The Balaban J connectivity index is 2.03. The first-order valence-corrected chi connectivity index (χ1v) is 4.93. The minimum absolute atomic E-state index is 0.194. The Bertz CT molecular complexity index is 386. The first-order chi connectivity index (χ1) is 7.74. The number of hydrogen-bond acceptors (Lipinski definition) is 6. The molecule has 1 saturated carbocycles. The number of nitrogens with zero attached hydrogens (tertiary/aromatic N) is 2. The fourth-order valence-electron chi connectivity index (χ4n) is 1.27. The van der Waals surface area contributed by atoms with Crippen LogP contribution in [0.4, 0.5) is 5.69 Å². The fraction of sp³-hybridized carbons (Fsp3) is 0.556. The van der Waals surface area contributed by atoms with Crippen molar-refractivity contribution in [3.8, 4) is 5.88 Å². The lowest BCUT2D eigenvalue weighted by molar-refractivity contribution is -0.143. The number of carbonyl (C=O) groups excluding carboxylic acids is 1. The summed E-state index contributed by atoms with van der Waals surface area (Å²) in [6.07, 6.45) is 3.79. The Morgan fingerprint density at radius 2 is 2.50 bits per heavy atom. The van der Waals surface area contributed by atoms with Gasteiger partial charge in [-0.25, -0.2) is 4.79 Å². The van der Waals surface area contributed by atoms with E-state index in [-0.39, 0.29) is 12.5 Å². The summed E-state index contributed by atoms with van der Waals surface area (Å²) < 4.78 is 11.3. The van der Waals surface area contributed by atoms with Crippen LogP contribution < -0.4 is 10.2 Å². The van der Waals surface area contributed by atoms with Crippen LogP contribution in [-0.4, -0.2) is 34.7 Å². The van der Waals surface area contributed by atoms with E-state index in [0.717, 1.165) is 12.8 Å². The molecule has 88 valence electrons. The average Bonchev–Trinajstić information content (AvgIpc) is 3.07. The second-order valence-corrected chi connectivity index (χ2v) is 3.54. The maximum absolute atomic E-state index is 10.9. The number of aromatic nitrogens is 2. The van der Waals surface area contributed by atoms with Gasteiger partial charge in [0.15, 0.2) is 6.61 Å². The van der Waals surface area contributed by atoms with Crippen molar-refractivity contribution in [3.63, 3.8) is 0 Å². The minimum Gasteiger partial charge on any atom is -0.466 e. The second kappa shape index (κ2) is 4.40. The average molecular weight is 227 g/mol. The summed E-state index contributed by atoms with van der Waals surface area (Å²) in [4.78, 5) is 10.9. The lowest BCUT2D eigenvalue weighted by Crippen LogP contribution is -2.13. The highest BCUT2D eigenvalue weighted by Crippen LogP contribution is 2.36. The summed E-state index contributed by atoms with van der Waals surface area (Å²) in [6, 6.07) is 0.377. The van der Waals surface area contributed by atoms with Gasteiger partial charge in [0.2, 0.25) is 0 Å². The maximum atomic E-state index is 10.9. The smallest absolute Gasteiger partial charge is 0.343 e. The molecule has 1 fully saturated rings. The first kappa shape index (κ1) is 10.7. The lowest BCUT2D eigenvalue weighted by atomic mass is 10.5. The van der Waals surface area contributed by atoms with E-state index in [2.05, 4.69) is 9.84 Å². The SMILES string of the molecule is COC(=O)COc1nn(C2CC2)cc1NO. The monoisotopic (exact) mass is 227 g/mol. The summed E-state index contributed by atoms with van der Waals surface area (Å²) in [5.74, 6) is -0.301. The van der Waals surface area contributed by atoms with E-state index in [1.165, 1.54) is 7.11 Å². The largest absolute Gasteiger partial charge is 0.466 e. The van der Waals surface area contributed by atoms with E-state index in [4.69, 9.17) is 9.94 Å². The zero-order valence-corrected chi connectivity index (χ0v) is 8.84. The van der Waals surface area contributed by atoms with Crippen molar-refractivity contribution in [2.45, 2.75) is 18.9 Å². The first-order valence-electron chi connectivity index (χ1n) is 4.93. The quantitative estimate of drug-likeness (QED) is 0.565. The zero-order chi connectivity index (χ0) is 11.5. The molecular weight excluding hydrogens is 214 g/mol. The van der Waals surface area contributed by atoms with Gasteiger partial charge in [0.1, 0.15) is 5.69 Å². The lowest BCUT2D eigenvalue weighted by Gasteiger charge is -2.02. The topological polar surface area (TPSA) is 85.6 Å². The van der Waals surface area contributed by atoms with E-state index in [1.54, 1.807) is 10.9 Å². The Kier molecular flexibility index (Phi) is 2.95. The number of hydrogen-bond donors (Lipinski definition) is 2. The third-order valence-corrected chi connectivity index (χ3v) is 2.29. The van der Waals surface area contributed by atoms with Crippen LogP contribution in [0.15, 0.2) is 6.20 Å². The summed E-state index contributed by atoms with van der Waals surface area (Å²) >= 11 is 0. The Morgan fingerprint density at radius 3 is 3.06 bits per heavy atom. The van der Waals surface area contributed by atoms with Gasteiger partial charge in [0, 0.05) is 0 Å². The van der Waals surface area contributed by atoms with Gasteiger partial charge < -0.3 is 9.47 Å². The van der Waals surface area contributed by atoms with Crippen LogP contribution in [0.5, 0.6) is 5.88 Å². The molecule has 7 heteroatoms. The van der Waals surface area contributed by atoms with Gasteiger partial charge in [-0.15, -0.1) is 5.10 Å². The summed E-state index contributed by atoms with van der Waals surface area (Å²) in [5.41, 5.74) is 2.32. The van der Waals surface area contributed by atoms with Crippen LogP contribution in [0.1, 0.15) is 18.9 Å². The van der Waals surface area contributed by atoms with E-state index in [9.17, 15) is 4.79 Å². The number of esters is 1. The highest BCUT2D eigenvalue weighted by Gasteiger charge is 2.26. The molecule has 2 rings (SSSR count). The number of ether oxygens (including phenoxy) is 2. The maximum Gasteiger partial charge on any atom is 0.343 e. The molecule has 1 aromatic heterocycles. The molecule has 2 N–H and O–H groups in total. The highest BCUT2D eigenvalue weighted by atomic mass is 16.6. The van der Waals surface area contributed by atoms with Crippen molar-refractivity contribution in [2.75, 3.05) is 19.2 Å². The molecule has 0 bridgehead atoms. The Hall–Kier alpha value is -1.76. The predicted octanol–water partition coefficient (Wildman–Crippen LogP) is 0.571. The molecule has 0 amide bonds. The Morgan fingerprint density at radius 1 is 1.75 bits per heavy atom. The summed E-state index contributed by atoms with van der Waals surface area (Å²) in [7, 11) is 1.28. The van der Waals surface area contributed by atoms with E-state index >= 15 is 0 Å². The van der Waals surface area contributed by atoms with Crippen LogP contribution >= 0.6 is 0 Å². The van der Waals surface area contributed by atoms with E-state index in [1.807, 2.05) is 5.48 Å². The normalized spacial score (nSPS) is 14.6. The van der Waals surface area contributed by atoms with Crippen molar-refractivity contribution >= 4 is 11.7 Å². The molecule has 0 atom stereocenters. The van der Waals surface area contributed by atoms with Crippen molar-refractivity contribution in [1.82, 2.24) is 9.78 Å². The van der Waals surface area contributed by atoms with Crippen molar-refractivity contribution < 1.29 is 19.5 Å². The van der Waals surface area contributed by atoms with Crippen molar-refractivity contribution in [1.29, 1.82) is 0 Å². The standard InChI is InChI=1S/C9H13N3O4/c1-15-8(13)5-16-9-7(11-14)4-12(10-9)6-2-3-6/h4,6,11,14H,2-3,5H2,1H3. The summed E-state index contributed by atoms with van der Waals surface area (Å²) in [6.45, 7) is -0.229. The molecule has 0 spiro atoms. The molecule has 7 nitrogen and oxygen atoms in total. The molecule has 1 aromatic rings. The predicted molar refractivity (Wildman–Crippen MR) is 53.4 cm³/mol. The van der Waals surface area contributed by atoms with Gasteiger partial charge in [-0.3, -0.25) is 15.4 Å². The van der Waals surface area contributed by atoms with E-state index < -0.39 is 5.97 Å². The number of rotatable bonds is 5. The van der Waals surface area contributed by atoms with Gasteiger partial charge in [-0.1, -0.05) is 0 Å². The fourth-order valence-corrected chi connectivity index (χ4v) is 1.27. The van der Waals surface area contributed by atoms with Crippen molar-refractivity contribution in [2.24, 2.45) is 0 Å². The van der Waals surface area contributed by atoms with Crippen LogP contribution in [0.25, 0.3) is 0 Å². The number of nitrogens with one attached hydrogen (secondary N) is 1. The van der Waals surface area contributed by atoms with E-state index in [0.29, 0.717) is 11.7 Å². The van der Waals surface area contributed by atoms with Crippen LogP contribution in [0.2, 0.25) is 0 Å². The van der Waals surface area contributed by atoms with Gasteiger partial charge in [0.05, 0.1) is 19.3 Å². The summed E-state index contributed by atoms with van der Waals surface area (Å²) in [5, 5.41) is 13.0. The molecule has 0 unspecified atom stereocenters. The molecule has 0 aromatic carbocycles. The molecule has 1 aliphatic rings. The Labute approximate surface area is 91.9 Å². The molecule has 0 aliphatic heterocycles. The molecule has 1 aliphatic carbocycles. The van der Waals surface area contributed by atoms with Crippen LogP contribution in [-0.2, 0) is 9.53 Å². The molecule has 0 saturated heterocycles. The van der Waals surface area contributed by atoms with Crippen LogP contribution in [0, 0.1) is 0 Å². The molecule has 0 radical (unpaired) electrons. The van der Waals surface area contributed by atoms with Gasteiger partial charge in [-0.2, -0.15) is 0 Å². The number of carbonyl (C=O) groups is 1. The highest BCUT2D eigenvalue weighted by molar-refractivity contribution is 5.71. The number of methoxy groups -OCH3 is 1. The van der Waals surface area contributed by atoms with Crippen LogP contribution in [0.3, 0.4) is 0 Å². The third kappa shape index (κ3) is 2.25. The van der Waals surface area contributed by atoms with Gasteiger partial charge in [0.25, 0.3) is 5.88 Å². The second-order valence-electron chi connectivity index (χ2n) is 3.54. The zero-order valence-electron chi connectivity index (χ0n) is 8.84. The van der Waals surface area contributed by atoms with Gasteiger partial charge >= 0.3 is 5.97 Å². The third-order valence-electron chi connectivity index (χ3n) is 2.29. The van der Waals surface area contributed by atoms with Gasteiger partial charge in [-0.05, 0) is 12.8 Å². The number of anilines is 1. The molecule has 1 heterocycles. The molecule has 16 heavy (non-hydrogen) atoms. The minimum atomic E-state index is -0.495.